The Morgan fingerprint density at radius 1 is 1.19 bits per heavy atom. The minimum Gasteiger partial charge on any atom is -0.493 e. The van der Waals surface area contributed by atoms with E-state index in [0.717, 1.165) is 16.0 Å². The third-order valence-corrected chi connectivity index (χ3v) is 5.22. The number of imide groups is 1. The van der Waals surface area contributed by atoms with Gasteiger partial charge in [-0.05, 0) is 59.1 Å². The maximum atomic E-state index is 12.8. The zero-order chi connectivity index (χ0) is 23.3. The summed E-state index contributed by atoms with van der Waals surface area (Å²) < 4.78 is 16.3. The minimum atomic E-state index is -0.499. The van der Waals surface area contributed by atoms with Gasteiger partial charge in [0.25, 0.3) is 5.91 Å². The number of amides is 3. The van der Waals surface area contributed by atoms with E-state index in [9.17, 15) is 14.4 Å². The van der Waals surface area contributed by atoms with Gasteiger partial charge >= 0.3 is 12.0 Å². The summed E-state index contributed by atoms with van der Waals surface area (Å²) >= 11 is 3.40. The maximum absolute atomic E-state index is 12.8. The van der Waals surface area contributed by atoms with E-state index in [2.05, 4.69) is 21.2 Å². The van der Waals surface area contributed by atoms with E-state index >= 15 is 0 Å². The number of carbonyl (C=O) groups is 3. The van der Waals surface area contributed by atoms with Gasteiger partial charge in [0.1, 0.15) is 5.70 Å². The predicted octanol–water partition coefficient (Wildman–Crippen LogP) is 3.80. The highest BCUT2D eigenvalue weighted by atomic mass is 79.9. The molecule has 0 bridgehead atoms. The molecular formula is C23H23BrN2O6. The molecule has 168 valence electrons. The summed E-state index contributed by atoms with van der Waals surface area (Å²) in [6.45, 7) is 3.84. The van der Waals surface area contributed by atoms with Crippen molar-refractivity contribution in [3.05, 3.63) is 63.3 Å². The van der Waals surface area contributed by atoms with Crippen molar-refractivity contribution in [3.8, 4) is 11.5 Å². The van der Waals surface area contributed by atoms with E-state index in [-0.39, 0.29) is 25.5 Å². The molecule has 0 saturated carbocycles. The summed E-state index contributed by atoms with van der Waals surface area (Å²) in [5, 5.41) is 2.61. The quantitative estimate of drug-likeness (QED) is 0.335. The molecule has 32 heavy (non-hydrogen) atoms. The molecule has 1 aliphatic rings. The Kier molecular flexibility index (Phi) is 7.53. The Hall–Kier alpha value is -3.33. The van der Waals surface area contributed by atoms with Crippen LogP contribution in [0.2, 0.25) is 0 Å². The lowest BCUT2D eigenvalue weighted by atomic mass is 10.1. The second-order valence-corrected chi connectivity index (χ2v) is 7.85. The summed E-state index contributed by atoms with van der Waals surface area (Å²) in [5.41, 5.74) is 2.70. The molecule has 0 spiro atoms. The number of urea groups is 1. The van der Waals surface area contributed by atoms with Crippen molar-refractivity contribution in [1.29, 1.82) is 0 Å². The van der Waals surface area contributed by atoms with Crippen molar-refractivity contribution < 1.29 is 28.6 Å². The number of halogens is 1. The lowest BCUT2D eigenvalue weighted by molar-refractivity contribution is -0.145. The molecule has 3 amide bonds. The number of nitrogens with zero attached hydrogens (tertiary/aromatic N) is 1. The zero-order valence-electron chi connectivity index (χ0n) is 17.9. The van der Waals surface area contributed by atoms with Gasteiger partial charge in [-0.25, -0.2) is 9.59 Å². The van der Waals surface area contributed by atoms with Gasteiger partial charge in [0, 0.05) is 0 Å². The Bertz CT molecular complexity index is 1060. The fourth-order valence-corrected chi connectivity index (χ4v) is 3.63. The SMILES string of the molecule is CCOC(=O)COc1c(Br)cc(/C=C2/NC(=O)N(Cc3ccc(C)cc3)C2=O)cc1OC. The molecule has 3 rings (SSSR count). The standard InChI is InChI=1S/C23H23BrN2O6/c1-4-31-20(27)13-32-21-17(24)9-16(11-19(21)30-3)10-18-22(28)26(23(29)25-18)12-15-7-5-14(2)6-8-15/h5-11H,4,12-13H2,1-3H3,(H,25,29)/b18-10+. The van der Waals surface area contributed by atoms with Gasteiger partial charge < -0.3 is 19.5 Å². The van der Waals surface area contributed by atoms with Gasteiger partial charge in [0.05, 0.1) is 24.7 Å². The molecule has 0 aliphatic carbocycles. The van der Waals surface area contributed by atoms with Crippen molar-refractivity contribution in [2.45, 2.75) is 20.4 Å². The third kappa shape index (κ3) is 5.47. The van der Waals surface area contributed by atoms with Crippen molar-refractivity contribution >= 4 is 39.9 Å². The molecule has 1 N–H and O–H groups in total. The van der Waals surface area contributed by atoms with Gasteiger partial charge in [-0.3, -0.25) is 9.69 Å². The van der Waals surface area contributed by atoms with Gasteiger partial charge in [-0.2, -0.15) is 0 Å². The van der Waals surface area contributed by atoms with E-state index in [1.54, 1.807) is 25.1 Å². The first-order valence-electron chi connectivity index (χ1n) is 9.88. The molecule has 2 aromatic rings. The van der Waals surface area contributed by atoms with Crippen molar-refractivity contribution in [2.75, 3.05) is 20.3 Å². The number of aryl methyl sites for hydroxylation is 1. The number of hydrogen-bond acceptors (Lipinski definition) is 6. The monoisotopic (exact) mass is 502 g/mol. The normalized spacial score (nSPS) is 14.5. The summed E-state index contributed by atoms with van der Waals surface area (Å²) in [7, 11) is 1.46. The van der Waals surface area contributed by atoms with Crippen LogP contribution in [0.1, 0.15) is 23.6 Å². The molecule has 2 aromatic carbocycles. The van der Waals surface area contributed by atoms with Crippen molar-refractivity contribution in [3.63, 3.8) is 0 Å². The molecule has 1 fully saturated rings. The van der Waals surface area contributed by atoms with Crippen LogP contribution >= 0.6 is 15.9 Å². The van der Waals surface area contributed by atoms with E-state index < -0.39 is 17.9 Å². The second kappa shape index (κ2) is 10.3. The van der Waals surface area contributed by atoms with Crippen molar-refractivity contribution in [2.24, 2.45) is 0 Å². The van der Waals surface area contributed by atoms with E-state index in [0.29, 0.717) is 21.5 Å². The van der Waals surface area contributed by atoms with Gasteiger partial charge in [0.15, 0.2) is 18.1 Å². The first-order valence-corrected chi connectivity index (χ1v) is 10.7. The fraction of sp³-hybridized carbons (Fsp3) is 0.261. The molecule has 1 aliphatic heterocycles. The molecule has 0 radical (unpaired) electrons. The van der Waals surface area contributed by atoms with E-state index in [1.165, 1.54) is 7.11 Å². The smallest absolute Gasteiger partial charge is 0.344 e. The number of esters is 1. The Balaban J connectivity index is 1.79. The summed E-state index contributed by atoms with van der Waals surface area (Å²) in [6, 6.07) is 10.5. The molecule has 9 heteroatoms. The molecule has 0 unspecified atom stereocenters. The van der Waals surface area contributed by atoms with Crippen LogP contribution in [-0.2, 0) is 20.9 Å². The van der Waals surface area contributed by atoms with Crippen LogP contribution < -0.4 is 14.8 Å². The minimum absolute atomic E-state index is 0.149. The number of ether oxygens (including phenoxy) is 3. The van der Waals surface area contributed by atoms with Crippen LogP contribution in [0.5, 0.6) is 11.5 Å². The highest BCUT2D eigenvalue weighted by molar-refractivity contribution is 9.10. The summed E-state index contributed by atoms with van der Waals surface area (Å²) in [4.78, 5) is 37.9. The number of hydrogen-bond donors (Lipinski definition) is 1. The maximum Gasteiger partial charge on any atom is 0.344 e. The number of rotatable bonds is 8. The average Bonchev–Trinajstić information content (AvgIpc) is 3.01. The lowest BCUT2D eigenvalue weighted by Gasteiger charge is -2.13. The second-order valence-electron chi connectivity index (χ2n) is 6.99. The number of methoxy groups -OCH3 is 1. The Morgan fingerprint density at radius 3 is 2.56 bits per heavy atom. The molecular weight excluding hydrogens is 480 g/mol. The molecule has 0 atom stereocenters. The highest BCUT2D eigenvalue weighted by Gasteiger charge is 2.33. The van der Waals surface area contributed by atoms with Crippen LogP contribution in [0.3, 0.4) is 0 Å². The van der Waals surface area contributed by atoms with E-state index in [4.69, 9.17) is 14.2 Å². The largest absolute Gasteiger partial charge is 0.493 e. The number of benzene rings is 2. The summed E-state index contributed by atoms with van der Waals surface area (Å²) in [6.07, 6.45) is 1.55. The van der Waals surface area contributed by atoms with Crippen LogP contribution in [0, 0.1) is 6.92 Å². The number of nitrogens with one attached hydrogen (secondary N) is 1. The Labute approximate surface area is 194 Å². The predicted molar refractivity (Wildman–Crippen MR) is 121 cm³/mol. The molecule has 8 nitrogen and oxygen atoms in total. The lowest BCUT2D eigenvalue weighted by Crippen LogP contribution is -2.30. The zero-order valence-corrected chi connectivity index (χ0v) is 19.5. The molecule has 1 heterocycles. The Morgan fingerprint density at radius 2 is 1.91 bits per heavy atom. The molecule has 1 saturated heterocycles. The van der Waals surface area contributed by atoms with Crippen LogP contribution in [0.15, 0.2) is 46.6 Å². The number of carbonyl (C=O) groups excluding carboxylic acids is 3. The third-order valence-electron chi connectivity index (χ3n) is 4.63. The fourth-order valence-electron chi connectivity index (χ4n) is 3.05. The van der Waals surface area contributed by atoms with Crippen LogP contribution in [-0.4, -0.2) is 43.1 Å². The highest BCUT2D eigenvalue weighted by Crippen LogP contribution is 2.37. The van der Waals surface area contributed by atoms with Gasteiger partial charge in [0.2, 0.25) is 0 Å². The molecule has 0 aromatic heterocycles. The van der Waals surface area contributed by atoms with Crippen LogP contribution in [0.25, 0.3) is 6.08 Å². The topological polar surface area (TPSA) is 94.2 Å². The van der Waals surface area contributed by atoms with Gasteiger partial charge in [-0.1, -0.05) is 29.8 Å². The average molecular weight is 503 g/mol. The summed E-state index contributed by atoms with van der Waals surface area (Å²) in [5.74, 6) is -0.247. The van der Waals surface area contributed by atoms with Gasteiger partial charge in [-0.15, -0.1) is 0 Å². The first-order chi connectivity index (χ1) is 15.3. The van der Waals surface area contributed by atoms with Crippen LogP contribution in [0.4, 0.5) is 4.79 Å². The van der Waals surface area contributed by atoms with Crippen molar-refractivity contribution in [1.82, 2.24) is 10.2 Å². The first kappa shape index (κ1) is 23.3. The van der Waals surface area contributed by atoms with E-state index in [1.807, 2.05) is 31.2 Å².